The van der Waals surface area contributed by atoms with Gasteiger partial charge in [-0.3, -0.25) is 9.69 Å². The Kier molecular flexibility index (Phi) is 5.65. The van der Waals surface area contributed by atoms with E-state index < -0.39 is 0 Å². The topological polar surface area (TPSA) is 64.8 Å². The van der Waals surface area contributed by atoms with Gasteiger partial charge in [0.1, 0.15) is 11.1 Å². The molecule has 92 valence electrons. The maximum Gasteiger partial charge on any atom is 0.305 e. The van der Waals surface area contributed by atoms with Crippen LogP contribution in [0.1, 0.15) is 12.8 Å². The first-order valence-electron chi connectivity index (χ1n) is 5.33. The molecule has 16 heavy (non-hydrogen) atoms. The van der Waals surface area contributed by atoms with Crippen LogP contribution in [0.4, 0.5) is 0 Å². The number of morpholine rings is 1. The van der Waals surface area contributed by atoms with Crippen LogP contribution in [0.15, 0.2) is 0 Å². The van der Waals surface area contributed by atoms with Gasteiger partial charge >= 0.3 is 5.97 Å². The molecule has 6 heteroatoms. The van der Waals surface area contributed by atoms with Crippen LogP contribution in [0, 0.1) is 0 Å². The molecule has 1 aliphatic rings. The normalized spacial score (nSPS) is 21.7. The molecular weight excluding hydrogens is 228 g/mol. The van der Waals surface area contributed by atoms with Crippen LogP contribution in [0.2, 0.25) is 0 Å². The summed E-state index contributed by atoms with van der Waals surface area (Å²) in [5, 5.41) is 0. The highest BCUT2D eigenvalue weighted by Gasteiger charge is 2.22. The van der Waals surface area contributed by atoms with E-state index >= 15 is 0 Å². The number of nitrogens with zero attached hydrogens (tertiary/aromatic N) is 1. The zero-order valence-electron chi connectivity index (χ0n) is 9.48. The van der Waals surface area contributed by atoms with E-state index in [1.807, 2.05) is 0 Å². The summed E-state index contributed by atoms with van der Waals surface area (Å²) in [7, 11) is 1.40. The molecule has 5 nitrogen and oxygen atoms in total. The van der Waals surface area contributed by atoms with E-state index in [9.17, 15) is 4.79 Å². The van der Waals surface area contributed by atoms with Crippen molar-refractivity contribution in [3.05, 3.63) is 0 Å². The SMILES string of the molecule is COC(=O)CCCN1CCOC(C(N)=S)C1. The number of carbonyl (C=O) groups excluding carboxylic acids is 1. The molecule has 1 saturated heterocycles. The molecule has 0 aromatic heterocycles. The minimum Gasteiger partial charge on any atom is -0.469 e. The molecule has 1 rings (SSSR count). The second kappa shape index (κ2) is 6.78. The third-order valence-corrected chi connectivity index (χ3v) is 2.81. The fourth-order valence-corrected chi connectivity index (χ4v) is 1.77. The highest BCUT2D eigenvalue weighted by molar-refractivity contribution is 7.80. The lowest BCUT2D eigenvalue weighted by atomic mass is 10.2. The third-order valence-electron chi connectivity index (χ3n) is 2.55. The summed E-state index contributed by atoms with van der Waals surface area (Å²) >= 11 is 4.89. The quantitative estimate of drug-likeness (QED) is 0.541. The maximum atomic E-state index is 10.9. The van der Waals surface area contributed by atoms with Gasteiger partial charge in [0.05, 0.1) is 13.7 Å². The molecule has 0 aromatic rings. The number of hydrogen-bond donors (Lipinski definition) is 1. The summed E-state index contributed by atoms with van der Waals surface area (Å²) < 4.78 is 9.99. The summed E-state index contributed by atoms with van der Waals surface area (Å²) in [6, 6.07) is 0. The van der Waals surface area contributed by atoms with Gasteiger partial charge in [0.15, 0.2) is 0 Å². The molecule has 1 heterocycles. The van der Waals surface area contributed by atoms with E-state index in [-0.39, 0.29) is 12.1 Å². The van der Waals surface area contributed by atoms with Crippen LogP contribution in [-0.4, -0.2) is 55.3 Å². The molecular formula is C10H18N2O3S. The molecule has 2 N–H and O–H groups in total. The summed E-state index contributed by atoms with van der Waals surface area (Å²) in [6.45, 7) is 3.06. The van der Waals surface area contributed by atoms with Gasteiger partial charge in [-0.05, 0) is 13.0 Å². The van der Waals surface area contributed by atoms with E-state index in [0.717, 1.165) is 26.1 Å². The van der Waals surface area contributed by atoms with Crippen molar-refractivity contribution in [2.24, 2.45) is 5.73 Å². The first kappa shape index (κ1) is 13.3. The minimum absolute atomic E-state index is 0.151. The van der Waals surface area contributed by atoms with Crippen molar-refractivity contribution in [2.45, 2.75) is 18.9 Å². The van der Waals surface area contributed by atoms with E-state index in [0.29, 0.717) is 18.0 Å². The number of ether oxygens (including phenoxy) is 2. The van der Waals surface area contributed by atoms with Crippen LogP contribution in [0.25, 0.3) is 0 Å². The Bertz CT molecular complexity index is 260. The average Bonchev–Trinajstić information content (AvgIpc) is 2.29. The van der Waals surface area contributed by atoms with E-state index in [2.05, 4.69) is 9.64 Å². The zero-order valence-corrected chi connectivity index (χ0v) is 10.3. The van der Waals surface area contributed by atoms with Crippen molar-refractivity contribution in [1.82, 2.24) is 4.90 Å². The zero-order chi connectivity index (χ0) is 12.0. The van der Waals surface area contributed by atoms with Crippen LogP contribution in [0.5, 0.6) is 0 Å². The van der Waals surface area contributed by atoms with E-state index in [4.69, 9.17) is 22.7 Å². The number of hydrogen-bond acceptors (Lipinski definition) is 5. The van der Waals surface area contributed by atoms with Crippen molar-refractivity contribution >= 4 is 23.2 Å². The standard InChI is InChI=1S/C10H18N2O3S/c1-14-9(13)3-2-4-12-5-6-15-8(7-12)10(11)16/h8H,2-7H2,1H3,(H2,11,16). The average molecular weight is 246 g/mol. The summed E-state index contributed by atoms with van der Waals surface area (Å²) in [5.41, 5.74) is 5.53. The maximum absolute atomic E-state index is 10.9. The molecule has 1 aliphatic heterocycles. The molecule has 0 aliphatic carbocycles. The van der Waals surface area contributed by atoms with Crippen LogP contribution < -0.4 is 5.73 Å². The molecule has 1 unspecified atom stereocenters. The molecule has 0 amide bonds. The van der Waals surface area contributed by atoms with Crippen molar-refractivity contribution in [3.8, 4) is 0 Å². The first-order chi connectivity index (χ1) is 7.63. The molecule has 0 bridgehead atoms. The lowest BCUT2D eigenvalue weighted by Gasteiger charge is -2.32. The first-order valence-corrected chi connectivity index (χ1v) is 5.74. The fourth-order valence-electron chi connectivity index (χ4n) is 1.63. The largest absolute Gasteiger partial charge is 0.469 e. The number of nitrogens with two attached hydrogens (primary N) is 1. The van der Waals surface area contributed by atoms with Crippen molar-refractivity contribution in [2.75, 3.05) is 33.4 Å². The predicted molar refractivity (Wildman–Crippen MR) is 64.2 cm³/mol. The van der Waals surface area contributed by atoms with Crippen LogP contribution in [-0.2, 0) is 14.3 Å². The second-order valence-electron chi connectivity index (χ2n) is 3.74. The Balaban J connectivity index is 2.21. The summed E-state index contributed by atoms with van der Waals surface area (Å²) in [4.78, 5) is 13.5. The molecule has 1 fully saturated rings. The Labute approximate surface area is 101 Å². The number of esters is 1. The van der Waals surface area contributed by atoms with Gasteiger partial charge < -0.3 is 15.2 Å². The number of carbonyl (C=O) groups is 1. The van der Waals surface area contributed by atoms with Gasteiger partial charge in [-0.15, -0.1) is 0 Å². The highest BCUT2D eigenvalue weighted by Crippen LogP contribution is 2.07. The molecule has 0 spiro atoms. The van der Waals surface area contributed by atoms with Crippen molar-refractivity contribution in [3.63, 3.8) is 0 Å². The van der Waals surface area contributed by atoms with Gasteiger partial charge in [0, 0.05) is 19.5 Å². The molecule has 0 aromatic carbocycles. The Hall–Kier alpha value is -0.720. The van der Waals surface area contributed by atoms with Crippen LogP contribution >= 0.6 is 12.2 Å². The predicted octanol–water partition coefficient (Wildman–Crippen LogP) is -0.0735. The van der Waals surface area contributed by atoms with Gasteiger partial charge in [-0.2, -0.15) is 0 Å². The Morgan fingerprint density at radius 3 is 3.06 bits per heavy atom. The summed E-state index contributed by atoms with van der Waals surface area (Å²) in [6.07, 6.45) is 1.09. The third kappa shape index (κ3) is 4.42. The number of methoxy groups -OCH3 is 1. The van der Waals surface area contributed by atoms with Gasteiger partial charge in [0.2, 0.25) is 0 Å². The Morgan fingerprint density at radius 2 is 2.44 bits per heavy atom. The van der Waals surface area contributed by atoms with Gasteiger partial charge in [0.25, 0.3) is 0 Å². The minimum atomic E-state index is -0.167. The second-order valence-corrected chi connectivity index (χ2v) is 4.21. The Morgan fingerprint density at radius 1 is 1.69 bits per heavy atom. The molecule has 0 saturated carbocycles. The fraction of sp³-hybridized carbons (Fsp3) is 0.800. The lowest BCUT2D eigenvalue weighted by molar-refractivity contribution is -0.140. The van der Waals surface area contributed by atoms with E-state index in [1.54, 1.807) is 0 Å². The molecule has 0 radical (unpaired) electrons. The molecule has 1 atom stereocenters. The van der Waals surface area contributed by atoms with Crippen molar-refractivity contribution < 1.29 is 14.3 Å². The smallest absolute Gasteiger partial charge is 0.305 e. The lowest BCUT2D eigenvalue weighted by Crippen LogP contribution is -2.47. The highest BCUT2D eigenvalue weighted by atomic mass is 32.1. The van der Waals surface area contributed by atoms with Crippen LogP contribution in [0.3, 0.4) is 0 Å². The summed E-state index contributed by atoms with van der Waals surface area (Å²) in [5.74, 6) is -0.167. The van der Waals surface area contributed by atoms with Crippen molar-refractivity contribution in [1.29, 1.82) is 0 Å². The van der Waals surface area contributed by atoms with E-state index in [1.165, 1.54) is 7.11 Å². The van der Waals surface area contributed by atoms with Gasteiger partial charge in [-0.25, -0.2) is 0 Å². The van der Waals surface area contributed by atoms with Gasteiger partial charge in [-0.1, -0.05) is 12.2 Å². The monoisotopic (exact) mass is 246 g/mol. The number of rotatable bonds is 5. The number of thiocarbonyl (C=S) groups is 1.